The van der Waals surface area contributed by atoms with E-state index in [0.29, 0.717) is 26.1 Å². The molecule has 0 aromatic carbocycles. The third kappa shape index (κ3) is 4.85. The molecule has 0 bridgehead atoms. The van der Waals surface area contributed by atoms with Crippen molar-refractivity contribution >= 4 is 5.91 Å². The molecule has 0 heterocycles. The monoisotopic (exact) mass is 188 g/mol. The van der Waals surface area contributed by atoms with E-state index in [4.69, 9.17) is 10.8 Å². The minimum Gasteiger partial charge on any atom is -0.395 e. The van der Waals surface area contributed by atoms with E-state index in [-0.39, 0.29) is 18.4 Å². The maximum absolute atomic E-state index is 11.5. The molecule has 0 aliphatic carbocycles. The van der Waals surface area contributed by atoms with Gasteiger partial charge in [0.2, 0.25) is 5.91 Å². The van der Waals surface area contributed by atoms with Gasteiger partial charge in [-0.05, 0) is 19.4 Å². The molecule has 0 fully saturated rings. The van der Waals surface area contributed by atoms with Crippen LogP contribution in [0.5, 0.6) is 0 Å². The third-order valence-corrected chi connectivity index (χ3v) is 2.03. The summed E-state index contributed by atoms with van der Waals surface area (Å²) in [5.74, 6) is 0.301. The Morgan fingerprint density at radius 1 is 1.62 bits per heavy atom. The molecule has 4 heteroatoms. The van der Waals surface area contributed by atoms with E-state index in [9.17, 15) is 4.79 Å². The normalized spacial score (nSPS) is 12.6. The van der Waals surface area contributed by atoms with E-state index in [0.717, 1.165) is 0 Å². The van der Waals surface area contributed by atoms with Crippen molar-refractivity contribution in [2.45, 2.75) is 20.3 Å². The van der Waals surface area contributed by atoms with Crippen molar-refractivity contribution in [3.05, 3.63) is 0 Å². The molecule has 0 saturated carbocycles. The zero-order valence-corrected chi connectivity index (χ0v) is 8.49. The second-order valence-corrected chi connectivity index (χ2v) is 3.24. The van der Waals surface area contributed by atoms with Crippen LogP contribution >= 0.6 is 0 Å². The van der Waals surface area contributed by atoms with E-state index in [1.54, 1.807) is 4.90 Å². The number of hydrogen-bond acceptors (Lipinski definition) is 3. The summed E-state index contributed by atoms with van der Waals surface area (Å²) in [6.07, 6.45) is 0.477. The Balaban J connectivity index is 3.90. The minimum absolute atomic E-state index is 0.0244. The quantitative estimate of drug-likeness (QED) is 0.607. The van der Waals surface area contributed by atoms with E-state index in [2.05, 4.69) is 0 Å². The maximum Gasteiger partial charge on any atom is 0.222 e. The van der Waals surface area contributed by atoms with Gasteiger partial charge in [-0.25, -0.2) is 0 Å². The molecule has 0 spiro atoms. The van der Waals surface area contributed by atoms with Crippen LogP contribution in [0.25, 0.3) is 0 Å². The van der Waals surface area contributed by atoms with Crippen LogP contribution in [0.3, 0.4) is 0 Å². The standard InChI is InChI=1S/C9H20N2O2/c1-3-11(4-5-12)9(13)6-8(2)7-10/h8,12H,3-7,10H2,1-2H3. The first kappa shape index (κ1) is 12.4. The fourth-order valence-corrected chi connectivity index (χ4v) is 1.09. The van der Waals surface area contributed by atoms with Crippen LogP contribution in [-0.2, 0) is 4.79 Å². The lowest BCUT2D eigenvalue weighted by molar-refractivity contribution is -0.132. The molecule has 0 aliphatic rings. The second-order valence-electron chi connectivity index (χ2n) is 3.24. The van der Waals surface area contributed by atoms with Gasteiger partial charge >= 0.3 is 0 Å². The van der Waals surface area contributed by atoms with Gasteiger partial charge in [-0.2, -0.15) is 0 Å². The first-order valence-electron chi connectivity index (χ1n) is 4.74. The lowest BCUT2D eigenvalue weighted by Crippen LogP contribution is -2.35. The summed E-state index contributed by atoms with van der Waals surface area (Å²) in [5, 5.41) is 8.69. The maximum atomic E-state index is 11.5. The molecule has 0 rings (SSSR count). The van der Waals surface area contributed by atoms with Gasteiger partial charge in [0, 0.05) is 19.5 Å². The topological polar surface area (TPSA) is 66.6 Å². The van der Waals surface area contributed by atoms with E-state index in [1.165, 1.54) is 0 Å². The van der Waals surface area contributed by atoms with E-state index >= 15 is 0 Å². The summed E-state index contributed by atoms with van der Waals surface area (Å²) in [7, 11) is 0. The number of nitrogens with zero attached hydrogens (tertiary/aromatic N) is 1. The number of likely N-dealkylation sites (N-methyl/N-ethyl adjacent to an activating group) is 1. The van der Waals surface area contributed by atoms with Crippen LogP contribution in [-0.4, -0.2) is 42.2 Å². The highest BCUT2D eigenvalue weighted by atomic mass is 16.3. The van der Waals surface area contributed by atoms with Crippen molar-refractivity contribution in [2.75, 3.05) is 26.2 Å². The number of aliphatic hydroxyl groups excluding tert-OH is 1. The lowest BCUT2D eigenvalue weighted by atomic mass is 10.1. The number of amides is 1. The number of nitrogens with two attached hydrogens (primary N) is 1. The molecular formula is C9H20N2O2. The Bertz CT molecular complexity index is 151. The van der Waals surface area contributed by atoms with Crippen molar-refractivity contribution < 1.29 is 9.90 Å². The fourth-order valence-electron chi connectivity index (χ4n) is 1.09. The largest absolute Gasteiger partial charge is 0.395 e. The summed E-state index contributed by atoms with van der Waals surface area (Å²) in [4.78, 5) is 13.1. The predicted molar refractivity (Wildman–Crippen MR) is 52.2 cm³/mol. The Morgan fingerprint density at radius 3 is 2.62 bits per heavy atom. The molecule has 0 radical (unpaired) electrons. The Labute approximate surface area is 79.7 Å². The number of aliphatic hydroxyl groups is 1. The summed E-state index contributed by atoms with van der Waals surface area (Å²) in [6, 6.07) is 0. The summed E-state index contributed by atoms with van der Waals surface area (Å²) >= 11 is 0. The highest BCUT2D eigenvalue weighted by Crippen LogP contribution is 2.03. The van der Waals surface area contributed by atoms with Crippen molar-refractivity contribution in [1.82, 2.24) is 4.90 Å². The SMILES string of the molecule is CCN(CCO)C(=O)CC(C)CN. The molecule has 0 saturated heterocycles. The van der Waals surface area contributed by atoms with Crippen LogP contribution in [0.1, 0.15) is 20.3 Å². The zero-order valence-electron chi connectivity index (χ0n) is 8.49. The van der Waals surface area contributed by atoms with Gasteiger partial charge in [-0.3, -0.25) is 4.79 Å². The van der Waals surface area contributed by atoms with E-state index < -0.39 is 0 Å². The van der Waals surface area contributed by atoms with E-state index in [1.807, 2.05) is 13.8 Å². The molecule has 0 aromatic rings. The van der Waals surface area contributed by atoms with Crippen molar-refractivity contribution in [3.63, 3.8) is 0 Å². The molecule has 13 heavy (non-hydrogen) atoms. The van der Waals surface area contributed by atoms with Gasteiger partial charge in [0.1, 0.15) is 0 Å². The van der Waals surface area contributed by atoms with Gasteiger partial charge in [-0.1, -0.05) is 6.92 Å². The molecular weight excluding hydrogens is 168 g/mol. The summed E-state index contributed by atoms with van der Waals surface area (Å²) < 4.78 is 0. The Hall–Kier alpha value is -0.610. The van der Waals surface area contributed by atoms with Gasteiger partial charge in [0.25, 0.3) is 0 Å². The van der Waals surface area contributed by atoms with Gasteiger partial charge in [-0.15, -0.1) is 0 Å². The number of hydrogen-bond donors (Lipinski definition) is 2. The average Bonchev–Trinajstić information content (AvgIpc) is 2.13. The molecule has 1 amide bonds. The third-order valence-electron chi connectivity index (χ3n) is 2.03. The van der Waals surface area contributed by atoms with Crippen LogP contribution < -0.4 is 5.73 Å². The Morgan fingerprint density at radius 2 is 2.23 bits per heavy atom. The molecule has 0 aromatic heterocycles. The molecule has 0 aliphatic heterocycles. The molecule has 1 unspecified atom stereocenters. The molecule has 4 nitrogen and oxygen atoms in total. The average molecular weight is 188 g/mol. The minimum atomic E-state index is 0.0244. The van der Waals surface area contributed by atoms with Crippen LogP contribution in [0.2, 0.25) is 0 Å². The first-order valence-corrected chi connectivity index (χ1v) is 4.74. The Kier molecular flexibility index (Phi) is 6.54. The highest BCUT2D eigenvalue weighted by molar-refractivity contribution is 5.76. The van der Waals surface area contributed by atoms with Gasteiger partial charge in [0.15, 0.2) is 0 Å². The fraction of sp³-hybridized carbons (Fsp3) is 0.889. The van der Waals surface area contributed by atoms with Crippen LogP contribution in [0, 0.1) is 5.92 Å². The van der Waals surface area contributed by atoms with Crippen LogP contribution in [0.15, 0.2) is 0 Å². The second kappa shape index (κ2) is 6.86. The summed E-state index contributed by atoms with van der Waals surface area (Å²) in [6.45, 7) is 5.48. The molecule has 78 valence electrons. The lowest BCUT2D eigenvalue weighted by Gasteiger charge is -2.21. The molecule has 3 N–H and O–H groups in total. The predicted octanol–water partition coefficient (Wildman–Crippen LogP) is -0.188. The number of rotatable bonds is 6. The number of carbonyl (C=O) groups excluding carboxylic acids is 1. The van der Waals surface area contributed by atoms with Crippen molar-refractivity contribution in [2.24, 2.45) is 11.7 Å². The van der Waals surface area contributed by atoms with Crippen molar-refractivity contribution in [3.8, 4) is 0 Å². The smallest absolute Gasteiger partial charge is 0.222 e. The zero-order chi connectivity index (χ0) is 10.3. The van der Waals surface area contributed by atoms with Gasteiger partial charge in [0.05, 0.1) is 6.61 Å². The van der Waals surface area contributed by atoms with Gasteiger partial charge < -0.3 is 15.7 Å². The highest BCUT2D eigenvalue weighted by Gasteiger charge is 2.13. The summed E-state index contributed by atoms with van der Waals surface area (Å²) in [5.41, 5.74) is 5.42. The molecule has 1 atom stereocenters. The first-order chi connectivity index (χ1) is 6.15. The van der Waals surface area contributed by atoms with Crippen molar-refractivity contribution in [1.29, 1.82) is 0 Å². The number of carbonyl (C=O) groups is 1. The van der Waals surface area contributed by atoms with Crippen LogP contribution in [0.4, 0.5) is 0 Å².